The van der Waals surface area contributed by atoms with E-state index in [9.17, 15) is 14.7 Å². The van der Waals surface area contributed by atoms with Crippen LogP contribution in [0.3, 0.4) is 0 Å². The second-order valence-electron chi connectivity index (χ2n) is 6.24. The van der Waals surface area contributed by atoms with Crippen molar-refractivity contribution in [3.63, 3.8) is 0 Å². The van der Waals surface area contributed by atoms with Gasteiger partial charge in [-0.15, -0.1) is 0 Å². The molecule has 0 bridgehead atoms. The third kappa shape index (κ3) is 3.99. The molecule has 1 aromatic heterocycles. The van der Waals surface area contributed by atoms with Gasteiger partial charge in [0.05, 0.1) is 12.2 Å². The largest absolute Gasteiger partial charge is 0.507 e. The summed E-state index contributed by atoms with van der Waals surface area (Å²) < 4.78 is 6.82. The highest BCUT2D eigenvalue weighted by molar-refractivity contribution is 5.96. The number of carbonyl (C=O) groups is 2. The molecule has 2 aromatic rings. The third-order valence-corrected chi connectivity index (χ3v) is 4.31. The van der Waals surface area contributed by atoms with E-state index in [1.807, 2.05) is 4.68 Å². The van der Waals surface area contributed by atoms with Crippen molar-refractivity contribution in [2.45, 2.75) is 38.6 Å². The van der Waals surface area contributed by atoms with Gasteiger partial charge in [0.15, 0.2) is 6.61 Å². The molecular weight excluding hydrogens is 322 g/mol. The van der Waals surface area contributed by atoms with Gasteiger partial charge in [-0.3, -0.25) is 4.79 Å². The normalized spacial score (nSPS) is 14.4. The molecule has 3 rings (SSSR count). The van der Waals surface area contributed by atoms with E-state index in [0.717, 1.165) is 31.2 Å². The van der Waals surface area contributed by atoms with Crippen molar-refractivity contribution >= 4 is 17.7 Å². The first kappa shape index (κ1) is 17.0. The van der Waals surface area contributed by atoms with E-state index >= 15 is 0 Å². The Morgan fingerprint density at radius 3 is 2.84 bits per heavy atom. The zero-order valence-electron chi connectivity index (χ0n) is 14.1. The third-order valence-electron chi connectivity index (χ3n) is 4.31. The van der Waals surface area contributed by atoms with E-state index < -0.39 is 18.5 Å². The molecule has 25 heavy (non-hydrogen) atoms. The number of phenols is 1. The Kier molecular flexibility index (Phi) is 5.02. The van der Waals surface area contributed by atoms with E-state index in [1.165, 1.54) is 12.1 Å². The van der Waals surface area contributed by atoms with Crippen LogP contribution in [0.2, 0.25) is 0 Å². The van der Waals surface area contributed by atoms with Crippen LogP contribution in [0.4, 0.5) is 5.82 Å². The molecule has 1 aliphatic carbocycles. The lowest BCUT2D eigenvalue weighted by atomic mass is 10.1. The molecule has 2 N–H and O–H groups in total. The van der Waals surface area contributed by atoms with Gasteiger partial charge in [-0.2, -0.15) is 5.10 Å². The monoisotopic (exact) mass is 343 g/mol. The Labute approximate surface area is 145 Å². The molecule has 7 heteroatoms. The Hall–Kier alpha value is -2.83. The van der Waals surface area contributed by atoms with Crippen LogP contribution >= 0.6 is 0 Å². The highest BCUT2D eigenvalue weighted by Gasteiger charge is 2.21. The van der Waals surface area contributed by atoms with E-state index in [2.05, 4.69) is 10.4 Å². The molecule has 1 amide bonds. The number of amides is 1. The number of hydrogen-bond acceptors (Lipinski definition) is 5. The number of aryl methyl sites for hydroxylation is 1. The Balaban J connectivity index is 1.57. The number of ether oxygens (including phenoxy) is 1. The lowest BCUT2D eigenvalue weighted by molar-refractivity contribution is -0.119. The fourth-order valence-electron chi connectivity index (χ4n) is 3.05. The van der Waals surface area contributed by atoms with Gasteiger partial charge in [0, 0.05) is 6.07 Å². The van der Waals surface area contributed by atoms with E-state index in [0.29, 0.717) is 11.9 Å². The maximum atomic E-state index is 12.1. The fraction of sp³-hybridized carbons (Fsp3) is 0.389. The summed E-state index contributed by atoms with van der Waals surface area (Å²) in [7, 11) is 0. The average molecular weight is 343 g/mol. The zero-order valence-corrected chi connectivity index (χ0v) is 14.1. The van der Waals surface area contributed by atoms with Crippen LogP contribution in [0.15, 0.2) is 30.5 Å². The van der Waals surface area contributed by atoms with Gasteiger partial charge in [0.25, 0.3) is 5.91 Å². The van der Waals surface area contributed by atoms with Gasteiger partial charge >= 0.3 is 5.97 Å². The van der Waals surface area contributed by atoms with Crippen LogP contribution in [0.1, 0.15) is 47.6 Å². The predicted molar refractivity (Wildman–Crippen MR) is 91.5 cm³/mol. The summed E-state index contributed by atoms with van der Waals surface area (Å²) in [6.45, 7) is 1.37. The molecule has 0 saturated heterocycles. The van der Waals surface area contributed by atoms with Crippen molar-refractivity contribution in [1.82, 2.24) is 9.78 Å². The molecule has 132 valence electrons. The average Bonchev–Trinajstić information content (AvgIpc) is 3.26. The van der Waals surface area contributed by atoms with Gasteiger partial charge < -0.3 is 15.2 Å². The summed E-state index contributed by atoms with van der Waals surface area (Å²) in [6.07, 6.45) is 6.06. The minimum Gasteiger partial charge on any atom is -0.507 e. The van der Waals surface area contributed by atoms with E-state index in [4.69, 9.17) is 4.74 Å². The van der Waals surface area contributed by atoms with Gasteiger partial charge in [0.1, 0.15) is 17.1 Å². The molecular formula is C18H21N3O4. The highest BCUT2D eigenvalue weighted by atomic mass is 16.5. The van der Waals surface area contributed by atoms with Crippen molar-refractivity contribution in [3.8, 4) is 5.75 Å². The predicted octanol–water partition coefficient (Wildman–Crippen LogP) is 2.81. The van der Waals surface area contributed by atoms with Crippen molar-refractivity contribution in [1.29, 1.82) is 0 Å². The quantitative estimate of drug-likeness (QED) is 0.814. The number of hydrogen-bond donors (Lipinski definition) is 2. The minimum absolute atomic E-state index is 0.0452. The summed E-state index contributed by atoms with van der Waals surface area (Å²) in [5.74, 6) is -0.748. The summed E-state index contributed by atoms with van der Waals surface area (Å²) >= 11 is 0. The molecule has 0 spiro atoms. The number of benzene rings is 1. The molecule has 0 unspecified atom stereocenters. The van der Waals surface area contributed by atoms with Gasteiger partial charge in [0.2, 0.25) is 0 Å². The van der Waals surface area contributed by atoms with Crippen LogP contribution in [0.25, 0.3) is 0 Å². The maximum absolute atomic E-state index is 12.1. The van der Waals surface area contributed by atoms with Crippen molar-refractivity contribution < 1.29 is 19.4 Å². The van der Waals surface area contributed by atoms with Crippen LogP contribution in [-0.2, 0) is 9.53 Å². The number of phenolic OH excluding ortho intramolecular Hbond substituents is 1. The number of aromatic nitrogens is 2. The Bertz CT molecular complexity index is 778. The van der Waals surface area contributed by atoms with E-state index in [1.54, 1.807) is 25.3 Å². The zero-order chi connectivity index (χ0) is 17.8. The standard InChI is InChI=1S/C18H21N3O4/c1-12-6-7-15(22)14(10-12)18(24)25-11-17(23)20-16-8-9-19-21(16)13-4-2-3-5-13/h6-10,13,22H,2-5,11H2,1H3,(H,20,23). The summed E-state index contributed by atoms with van der Waals surface area (Å²) in [6, 6.07) is 6.65. The summed E-state index contributed by atoms with van der Waals surface area (Å²) in [5, 5.41) is 16.7. The smallest absolute Gasteiger partial charge is 0.342 e. The molecule has 0 radical (unpaired) electrons. The molecule has 1 aromatic carbocycles. The first-order valence-corrected chi connectivity index (χ1v) is 8.34. The summed E-state index contributed by atoms with van der Waals surface area (Å²) in [5.41, 5.74) is 0.860. The Morgan fingerprint density at radius 2 is 2.08 bits per heavy atom. The molecule has 1 fully saturated rings. The lowest BCUT2D eigenvalue weighted by Crippen LogP contribution is -2.23. The number of nitrogens with one attached hydrogen (secondary N) is 1. The number of rotatable bonds is 5. The number of carbonyl (C=O) groups excluding carboxylic acids is 2. The SMILES string of the molecule is Cc1ccc(O)c(C(=O)OCC(=O)Nc2ccnn2C2CCCC2)c1. The molecule has 1 aliphatic rings. The molecule has 1 heterocycles. The first-order chi connectivity index (χ1) is 12.0. The highest BCUT2D eigenvalue weighted by Crippen LogP contribution is 2.31. The number of aromatic hydroxyl groups is 1. The van der Waals surface area contributed by atoms with Crippen molar-refractivity contribution in [2.75, 3.05) is 11.9 Å². The van der Waals surface area contributed by atoms with E-state index in [-0.39, 0.29) is 11.3 Å². The summed E-state index contributed by atoms with van der Waals surface area (Å²) in [4.78, 5) is 24.1. The molecule has 0 aliphatic heterocycles. The number of nitrogens with zero attached hydrogens (tertiary/aromatic N) is 2. The van der Waals surface area contributed by atoms with Crippen LogP contribution in [0, 0.1) is 6.92 Å². The van der Waals surface area contributed by atoms with Crippen LogP contribution in [0.5, 0.6) is 5.75 Å². The molecule has 7 nitrogen and oxygen atoms in total. The van der Waals surface area contributed by atoms with Gasteiger partial charge in [-0.1, -0.05) is 24.5 Å². The topological polar surface area (TPSA) is 93.4 Å². The second kappa shape index (κ2) is 7.38. The first-order valence-electron chi connectivity index (χ1n) is 8.34. The molecule has 1 saturated carbocycles. The van der Waals surface area contributed by atoms with Crippen LogP contribution in [-0.4, -0.2) is 33.4 Å². The lowest BCUT2D eigenvalue weighted by Gasteiger charge is -2.14. The van der Waals surface area contributed by atoms with Crippen LogP contribution < -0.4 is 5.32 Å². The van der Waals surface area contributed by atoms with Crippen molar-refractivity contribution in [2.24, 2.45) is 0 Å². The number of anilines is 1. The van der Waals surface area contributed by atoms with Gasteiger partial charge in [-0.25, -0.2) is 9.48 Å². The Morgan fingerprint density at radius 1 is 1.32 bits per heavy atom. The fourth-order valence-corrected chi connectivity index (χ4v) is 3.05. The molecule has 0 atom stereocenters. The second-order valence-corrected chi connectivity index (χ2v) is 6.24. The van der Waals surface area contributed by atoms with Gasteiger partial charge in [-0.05, 0) is 31.9 Å². The minimum atomic E-state index is -0.736. The number of esters is 1. The maximum Gasteiger partial charge on any atom is 0.342 e. The van der Waals surface area contributed by atoms with Crippen molar-refractivity contribution in [3.05, 3.63) is 41.6 Å².